The highest BCUT2D eigenvalue weighted by Crippen LogP contribution is 2.22. The lowest BCUT2D eigenvalue weighted by atomic mass is 10.1. The molecule has 2 N–H and O–H groups in total. The number of nitrogens with zero attached hydrogens (tertiary/aromatic N) is 5. The second-order valence-electron chi connectivity index (χ2n) is 9.10. The van der Waals surface area contributed by atoms with Crippen LogP contribution >= 0.6 is 11.6 Å². The molecule has 0 unspecified atom stereocenters. The van der Waals surface area contributed by atoms with E-state index in [2.05, 4.69) is 20.3 Å². The molecule has 4 aromatic rings. The van der Waals surface area contributed by atoms with Gasteiger partial charge in [0.05, 0.1) is 11.3 Å². The molecule has 2 aromatic heterocycles. The van der Waals surface area contributed by atoms with Gasteiger partial charge in [0.2, 0.25) is 5.95 Å². The quantitative estimate of drug-likeness (QED) is 0.316. The Labute approximate surface area is 248 Å². The molecule has 1 saturated heterocycles. The average Bonchev–Trinajstić information content (AvgIpc) is 3.01. The number of hydrogen-bond donors (Lipinski definition) is 2. The zero-order chi connectivity index (χ0) is 31.0. The topological polar surface area (TPSA) is 129 Å². The predicted molar refractivity (Wildman–Crippen MR) is 152 cm³/mol. The minimum atomic E-state index is -5.08. The number of amides is 2. The summed E-state index contributed by atoms with van der Waals surface area (Å²) in [6.07, 6.45) is -0.190. The summed E-state index contributed by atoms with van der Waals surface area (Å²) < 4.78 is 31.7. The third-order valence-electron chi connectivity index (χ3n) is 6.19. The molecule has 0 spiro atoms. The van der Waals surface area contributed by atoms with Crippen molar-refractivity contribution < 1.29 is 32.7 Å². The summed E-state index contributed by atoms with van der Waals surface area (Å²) in [4.78, 5) is 50.9. The minimum absolute atomic E-state index is 0.0592. The van der Waals surface area contributed by atoms with Crippen LogP contribution < -0.4 is 5.32 Å². The van der Waals surface area contributed by atoms with Gasteiger partial charge in [-0.25, -0.2) is 14.8 Å². The molecule has 0 saturated carbocycles. The Bertz CT molecular complexity index is 1560. The van der Waals surface area contributed by atoms with E-state index in [1.807, 2.05) is 42.5 Å². The number of piperazine rings is 1. The maximum Gasteiger partial charge on any atom is 0.490 e. The average molecular weight is 613 g/mol. The molecule has 5 rings (SSSR count). The van der Waals surface area contributed by atoms with Crippen molar-refractivity contribution >= 4 is 41.0 Å². The molecule has 0 bridgehead atoms. The molecule has 0 aliphatic carbocycles. The summed E-state index contributed by atoms with van der Waals surface area (Å²) in [7, 11) is 0. The molecule has 14 heteroatoms. The standard InChI is InChI=1S/C27H23ClN6O2.C2HF3O2/c28-22-7-3-19(4-8-22)24-11-13-30-27(32-24)31-23-9-5-20(6-10-23)25(35)33-14-16-34(17-15-33)26(36)21-2-1-12-29-18-21;3-2(4,5)1(6)7/h1-13,18H,14-17H2,(H,30,31,32);(H,6,7). The molecular formula is C29H24ClF3N6O4. The van der Waals surface area contributed by atoms with Gasteiger partial charge < -0.3 is 20.2 Å². The van der Waals surface area contributed by atoms with Crippen molar-refractivity contribution in [3.05, 3.63) is 101 Å². The Kier molecular flexibility index (Phi) is 9.88. The molecule has 0 radical (unpaired) electrons. The van der Waals surface area contributed by atoms with Crippen LogP contribution in [0.2, 0.25) is 5.02 Å². The van der Waals surface area contributed by atoms with Crippen LogP contribution in [-0.2, 0) is 4.79 Å². The molecular weight excluding hydrogens is 589 g/mol. The molecule has 43 heavy (non-hydrogen) atoms. The van der Waals surface area contributed by atoms with Gasteiger partial charge in [0.15, 0.2) is 0 Å². The smallest absolute Gasteiger partial charge is 0.475 e. The van der Waals surface area contributed by atoms with Crippen LogP contribution in [0.1, 0.15) is 20.7 Å². The first kappa shape index (κ1) is 30.9. The van der Waals surface area contributed by atoms with E-state index in [0.717, 1.165) is 16.9 Å². The minimum Gasteiger partial charge on any atom is -0.475 e. The first-order valence-corrected chi connectivity index (χ1v) is 13.1. The number of aliphatic carboxylic acids is 1. The molecule has 1 aliphatic heterocycles. The summed E-state index contributed by atoms with van der Waals surface area (Å²) in [5.41, 5.74) is 3.63. The maximum absolute atomic E-state index is 13.0. The SMILES string of the molecule is O=C(O)C(F)(F)F.O=C(c1ccc(Nc2nccc(-c3ccc(Cl)cc3)n2)cc1)N1CCN(C(=O)c2cccnc2)CC1. The van der Waals surface area contributed by atoms with E-state index in [4.69, 9.17) is 21.5 Å². The normalized spacial score (nSPS) is 13.0. The van der Waals surface area contributed by atoms with Gasteiger partial charge in [-0.1, -0.05) is 23.7 Å². The first-order chi connectivity index (χ1) is 20.5. The van der Waals surface area contributed by atoms with Crippen LogP contribution in [0, 0.1) is 0 Å². The second kappa shape index (κ2) is 13.7. The van der Waals surface area contributed by atoms with Crippen LogP contribution in [-0.4, -0.2) is 80.0 Å². The fourth-order valence-electron chi connectivity index (χ4n) is 3.99. The number of carboxylic acid groups (broad SMARTS) is 1. The van der Waals surface area contributed by atoms with E-state index >= 15 is 0 Å². The lowest BCUT2D eigenvalue weighted by Gasteiger charge is -2.34. The monoisotopic (exact) mass is 612 g/mol. The number of carbonyl (C=O) groups is 3. The van der Waals surface area contributed by atoms with E-state index in [1.165, 1.54) is 0 Å². The van der Waals surface area contributed by atoms with E-state index in [9.17, 15) is 22.8 Å². The largest absolute Gasteiger partial charge is 0.490 e. The number of rotatable bonds is 5. The predicted octanol–water partition coefficient (Wildman–Crippen LogP) is 5.17. The number of aromatic nitrogens is 3. The van der Waals surface area contributed by atoms with Crippen molar-refractivity contribution in [3.63, 3.8) is 0 Å². The summed E-state index contributed by atoms with van der Waals surface area (Å²) in [5, 5.41) is 11.0. The summed E-state index contributed by atoms with van der Waals surface area (Å²) >= 11 is 5.97. The van der Waals surface area contributed by atoms with Crippen LogP contribution in [0.25, 0.3) is 11.3 Å². The number of carboxylic acids is 1. The van der Waals surface area contributed by atoms with Crippen LogP contribution in [0.5, 0.6) is 0 Å². The van der Waals surface area contributed by atoms with Crippen LogP contribution in [0.4, 0.5) is 24.8 Å². The van der Waals surface area contributed by atoms with Crippen LogP contribution in [0.15, 0.2) is 85.3 Å². The summed E-state index contributed by atoms with van der Waals surface area (Å²) in [6, 6.07) is 20.0. The third kappa shape index (κ3) is 8.49. The van der Waals surface area contributed by atoms with Crippen molar-refractivity contribution in [3.8, 4) is 11.3 Å². The van der Waals surface area contributed by atoms with E-state index in [-0.39, 0.29) is 11.8 Å². The van der Waals surface area contributed by atoms with Gasteiger partial charge in [-0.3, -0.25) is 14.6 Å². The Morgan fingerprint density at radius 1 is 0.814 bits per heavy atom. The molecule has 2 amide bonds. The maximum atomic E-state index is 13.0. The van der Waals surface area contributed by atoms with Gasteiger partial charge in [0.25, 0.3) is 11.8 Å². The van der Waals surface area contributed by atoms with Crippen LogP contribution in [0.3, 0.4) is 0 Å². The van der Waals surface area contributed by atoms with Crippen molar-refractivity contribution in [2.45, 2.75) is 6.18 Å². The Morgan fingerprint density at radius 3 is 1.93 bits per heavy atom. The summed E-state index contributed by atoms with van der Waals surface area (Å²) in [5.74, 6) is -2.42. The number of carbonyl (C=O) groups excluding carboxylic acids is 2. The van der Waals surface area contributed by atoms with E-state index in [1.54, 1.807) is 52.7 Å². The van der Waals surface area contributed by atoms with Gasteiger partial charge in [0.1, 0.15) is 0 Å². The van der Waals surface area contributed by atoms with E-state index in [0.29, 0.717) is 48.3 Å². The first-order valence-electron chi connectivity index (χ1n) is 12.8. The van der Waals surface area contributed by atoms with Gasteiger partial charge in [-0.15, -0.1) is 0 Å². The fraction of sp³-hybridized carbons (Fsp3) is 0.172. The Balaban J connectivity index is 0.000000541. The van der Waals surface area contributed by atoms with Gasteiger partial charge in [-0.2, -0.15) is 13.2 Å². The van der Waals surface area contributed by atoms with Crippen molar-refractivity contribution in [2.24, 2.45) is 0 Å². The van der Waals surface area contributed by atoms with Crippen molar-refractivity contribution in [1.82, 2.24) is 24.8 Å². The molecule has 1 aliphatic rings. The molecule has 10 nitrogen and oxygen atoms in total. The molecule has 0 atom stereocenters. The van der Waals surface area contributed by atoms with Gasteiger partial charge >= 0.3 is 12.1 Å². The number of benzene rings is 2. The third-order valence-corrected chi connectivity index (χ3v) is 6.44. The zero-order valence-corrected chi connectivity index (χ0v) is 23.1. The van der Waals surface area contributed by atoms with Crippen molar-refractivity contribution in [1.29, 1.82) is 0 Å². The number of hydrogen-bond acceptors (Lipinski definition) is 7. The number of anilines is 2. The molecule has 1 fully saturated rings. The zero-order valence-electron chi connectivity index (χ0n) is 22.3. The molecule has 3 heterocycles. The Morgan fingerprint density at radius 2 is 1.40 bits per heavy atom. The van der Waals surface area contributed by atoms with Gasteiger partial charge in [0, 0.05) is 66.6 Å². The number of pyridine rings is 1. The Hall–Kier alpha value is -5.04. The van der Waals surface area contributed by atoms with E-state index < -0.39 is 12.1 Å². The summed E-state index contributed by atoms with van der Waals surface area (Å²) in [6.45, 7) is 1.94. The van der Waals surface area contributed by atoms with Gasteiger partial charge in [-0.05, 0) is 54.6 Å². The number of nitrogens with one attached hydrogen (secondary N) is 1. The second-order valence-corrected chi connectivity index (χ2v) is 9.54. The lowest BCUT2D eigenvalue weighted by molar-refractivity contribution is -0.192. The number of halogens is 4. The lowest BCUT2D eigenvalue weighted by Crippen LogP contribution is -2.50. The highest BCUT2D eigenvalue weighted by Gasteiger charge is 2.38. The fourth-order valence-corrected chi connectivity index (χ4v) is 4.12. The molecule has 222 valence electrons. The number of alkyl halides is 3. The van der Waals surface area contributed by atoms with Crippen molar-refractivity contribution in [2.75, 3.05) is 31.5 Å². The molecule has 2 aromatic carbocycles. The highest BCUT2D eigenvalue weighted by atomic mass is 35.5. The highest BCUT2D eigenvalue weighted by molar-refractivity contribution is 6.30.